The lowest BCUT2D eigenvalue weighted by Gasteiger charge is -2.38. The fourth-order valence-corrected chi connectivity index (χ4v) is 6.89. The Morgan fingerprint density at radius 2 is 1.88 bits per heavy atom. The first-order valence-electron chi connectivity index (χ1n) is 11.4. The second-order valence-electron chi connectivity index (χ2n) is 8.71. The summed E-state index contributed by atoms with van der Waals surface area (Å²) >= 11 is 1.56. The van der Waals surface area contributed by atoms with E-state index in [2.05, 4.69) is 6.07 Å². The Morgan fingerprint density at radius 1 is 1.06 bits per heavy atom. The molecule has 0 spiro atoms. The number of rotatable bonds is 4. The molecule has 5 rings (SSSR count). The van der Waals surface area contributed by atoms with E-state index in [0.717, 1.165) is 42.5 Å². The molecule has 1 atom stereocenters. The topological polar surface area (TPSA) is 79.6 Å². The van der Waals surface area contributed by atoms with E-state index >= 15 is 0 Å². The van der Waals surface area contributed by atoms with Crippen molar-refractivity contribution < 1.29 is 19.1 Å². The molecule has 6 nitrogen and oxygen atoms in total. The number of allylic oxidation sites excluding steroid dienone is 2. The molecule has 0 bridgehead atoms. The molecule has 1 aromatic carbocycles. The lowest BCUT2D eigenvalue weighted by molar-refractivity contribution is -0.119. The highest BCUT2D eigenvalue weighted by atomic mass is 32.1. The van der Waals surface area contributed by atoms with Crippen molar-refractivity contribution in [2.75, 3.05) is 19.1 Å². The van der Waals surface area contributed by atoms with Crippen molar-refractivity contribution in [1.82, 2.24) is 0 Å². The van der Waals surface area contributed by atoms with Gasteiger partial charge >= 0.3 is 0 Å². The Labute approximate surface area is 197 Å². The maximum absolute atomic E-state index is 13.7. The van der Waals surface area contributed by atoms with E-state index in [1.165, 1.54) is 4.88 Å². The first kappa shape index (κ1) is 21.7. The van der Waals surface area contributed by atoms with Gasteiger partial charge in [0.15, 0.2) is 17.3 Å². The van der Waals surface area contributed by atoms with Gasteiger partial charge < -0.3 is 9.47 Å². The van der Waals surface area contributed by atoms with Crippen molar-refractivity contribution >= 4 is 28.0 Å². The van der Waals surface area contributed by atoms with Crippen LogP contribution in [0.3, 0.4) is 0 Å². The third-order valence-electron chi connectivity index (χ3n) is 6.95. The highest BCUT2D eigenvalue weighted by molar-refractivity contribution is 7.16. The van der Waals surface area contributed by atoms with Crippen LogP contribution in [0.4, 0.5) is 5.00 Å². The van der Waals surface area contributed by atoms with Gasteiger partial charge in [-0.05, 0) is 50.2 Å². The normalized spacial score (nSPS) is 20.3. The molecular weight excluding hydrogens is 436 g/mol. The molecule has 1 aliphatic heterocycles. The predicted molar refractivity (Wildman–Crippen MR) is 126 cm³/mol. The van der Waals surface area contributed by atoms with Crippen molar-refractivity contribution in [3.63, 3.8) is 0 Å². The van der Waals surface area contributed by atoms with Crippen LogP contribution in [-0.2, 0) is 22.4 Å². The smallest absolute Gasteiger partial charge is 0.232 e. The summed E-state index contributed by atoms with van der Waals surface area (Å²) in [6.07, 6.45) is 5.97. The standard InChI is InChI=1S/C26H26N2O4S/c1-31-21-11-5-8-16(25(21)32-2)17-13-23(30)28(19-9-6-10-20(29)24(17)19)26-18(14-27)15-7-3-4-12-22(15)33-26/h5,8,11,17H,3-4,6-7,9-10,12-13H2,1-2H3/t17-/m1/s1. The van der Waals surface area contributed by atoms with Gasteiger partial charge in [-0.15, -0.1) is 11.3 Å². The minimum Gasteiger partial charge on any atom is -0.493 e. The molecule has 170 valence electrons. The molecule has 33 heavy (non-hydrogen) atoms. The van der Waals surface area contributed by atoms with Crippen molar-refractivity contribution in [3.8, 4) is 17.6 Å². The molecule has 2 heterocycles. The van der Waals surface area contributed by atoms with E-state index in [1.807, 2.05) is 18.2 Å². The average Bonchev–Trinajstić information content (AvgIpc) is 3.21. The molecule has 0 fully saturated rings. The molecule has 0 radical (unpaired) electrons. The number of nitriles is 1. The number of aryl methyl sites for hydroxylation is 1. The number of thiophene rings is 1. The van der Waals surface area contributed by atoms with E-state index in [-0.39, 0.29) is 24.0 Å². The van der Waals surface area contributed by atoms with Crippen LogP contribution < -0.4 is 14.4 Å². The number of fused-ring (bicyclic) bond motifs is 1. The van der Waals surface area contributed by atoms with E-state index in [4.69, 9.17) is 9.47 Å². The largest absolute Gasteiger partial charge is 0.493 e. The van der Waals surface area contributed by atoms with Gasteiger partial charge in [-0.2, -0.15) is 5.26 Å². The van der Waals surface area contributed by atoms with Gasteiger partial charge in [0.2, 0.25) is 5.91 Å². The third kappa shape index (κ3) is 3.44. The fraction of sp³-hybridized carbons (Fsp3) is 0.423. The van der Waals surface area contributed by atoms with Gasteiger partial charge in [0, 0.05) is 40.5 Å². The summed E-state index contributed by atoms with van der Waals surface area (Å²) < 4.78 is 11.1. The third-order valence-corrected chi connectivity index (χ3v) is 8.23. The van der Waals surface area contributed by atoms with Gasteiger partial charge in [-0.1, -0.05) is 12.1 Å². The van der Waals surface area contributed by atoms with Crippen LogP contribution in [0.5, 0.6) is 11.5 Å². The van der Waals surface area contributed by atoms with E-state index < -0.39 is 0 Å². The molecule has 2 aromatic rings. The minimum absolute atomic E-state index is 0.0726. The van der Waals surface area contributed by atoms with Gasteiger partial charge in [0.05, 0.1) is 19.8 Å². The average molecular weight is 463 g/mol. The highest BCUT2D eigenvalue weighted by Crippen LogP contribution is 2.50. The van der Waals surface area contributed by atoms with E-state index in [9.17, 15) is 14.9 Å². The summed E-state index contributed by atoms with van der Waals surface area (Å²) in [7, 11) is 3.15. The quantitative estimate of drug-likeness (QED) is 0.636. The molecule has 0 unspecified atom stereocenters. The number of Topliss-reactive ketones (excluding diaryl/α,β-unsaturated/α-hetero) is 1. The summed E-state index contributed by atoms with van der Waals surface area (Å²) in [5, 5.41) is 10.7. The molecular formula is C26H26N2O4S. The summed E-state index contributed by atoms with van der Waals surface area (Å²) in [6.45, 7) is 0. The van der Waals surface area contributed by atoms with Crippen molar-refractivity contribution in [1.29, 1.82) is 5.26 Å². The summed E-state index contributed by atoms with van der Waals surface area (Å²) in [5.41, 5.74) is 3.94. The first-order chi connectivity index (χ1) is 16.1. The van der Waals surface area contributed by atoms with E-state index in [0.29, 0.717) is 46.9 Å². The predicted octanol–water partition coefficient (Wildman–Crippen LogP) is 5.04. The maximum Gasteiger partial charge on any atom is 0.232 e. The number of anilines is 1. The number of ether oxygens (including phenoxy) is 2. The maximum atomic E-state index is 13.7. The van der Waals surface area contributed by atoms with E-state index in [1.54, 1.807) is 30.5 Å². The Hall–Kier alpha value is -3.11. The van der Waals surface area contributed by atoms with Crippen LogP contribution in [0.2, 0.25) is 0 Å². The number of ketones is 1. The highest BCUT2D eigenvalue weighted by Gasteiger charge is 2.42. The summed E-state index contributed by atoms with van der Waals surface area (Å²) in [5.74, 6) is 0.743. The Kier molecular flexibility index (Phi) is 5.71. The molecule has 3 aliphatic rings. The molecule has 2 aliphatic carbocycles. The SMILES string of the molecule is COc1cccc([C@H]2CC(=O)N(c3sc4c(c3C#N)CCCC4)C3=C2C(=O)CCC3)c1OC. The molecule has 1 amide bonds. The zero-order chi connectivity index (χ0) is 23.1. The lowest BCUT2D eigenvalue weighted by atomic mass is 9.77. The lowest BCUT2D eigenvalue weighted by Crippen LogP contribution is -2.40. The number of benzene rings is 1. The number of carbonyl (C=O) groups is 2. The monoisotopic (exact) mass is 462 g/mol. The molecule has 0 N–H and O–H groups in total. The van der Waals surface area contributed by atoms with Gasteiger partial charge in [0.25, 0.3) is 0 Å². The van der Waals surface area contributed by atoms with Gasteiger partial charge in [-0.25, -0.2) is 0 Å². The number of carbonyl (C=O) groups excluding carboxylic acids is 2. The number of hydrogen-bond acceptors (Lipinski definition) is 6. The molecule has 1 aromatic heterocycles. The first-order valence-corrected chi connectivity index (χ1v) is 12.2. The van der Waals surface area contributed by atoms with Crippen molar-refractivity contribution in [2.24, 2.45) is 0 Å². The number of hydrogen-bond donors (Lipinski definition) is 0. The van der Waals surface area contributed by atoms with Crippen molar-refractivity contribution in [2.45, 2.75) is 57.3 Å². The van der Waals surface area contributed by atoms with Crippen LogP contribution >= 0.6 is 11.3 Å². The number of para-hydroxylation sites is 1. The van der Waals surface area contributed by atoms with Crippen molar-refractivity contribution in [3.05, 3.63) is 51.0 Å². The van der Waals surface area contributed by atoms with Crippen LogP contribution in [0.1, 0.15) is 66.0 Å². The van der Waals surface area contributed by atoms with Crippen LogP contribution in [0.25, 0.3) is 0 Å². The number of nitrogens with zero attached hydrogens (tertiary/aromatic N) is 2. The fourth-order valence-electron chi connectivity index (χ4n) is 5.50. The molecule has 0 saturated heterocycles. The van der Waals surface area contributed by atoms with Crippen LogP contribution in [0.15, 0.2) is 29.5 Å². The zero-order valence-corrected chi connectivity index (χ0v) is 19.7. The Morgan fingerprint density at radius 3 is 2.64 bits per heavy atom. The zero-order valence-electron chi connectivity index (χ0n) is 18.9. The Balaban J connectivity index is 1.69. The second kappa shape index (κ2) is 8.68. The van der Waals surface area contributed by atoms with Gasteiger partial charge in [-0.3, -0.25) is 14.5 Å². The Bertz CT molecular complexity index is 1220. The minimum atomic E-state index is -0.387. The number of methoxy groups -OCH3 is 2. The van der Waals surface area contributed by atoms with Gasteiger partial charge in [0.1, 0.15) is 11.1 Å². The van der Waals surface area contributed by atoms with Crippen LogP contribution in [-0.4, -0.2) is 25.9 Å². The molecule has 0 saturated carbocycles. The summed E-state index contributed by atoms with van der Waals surface area (Å²) in [6, 6.07) is 7.96. The number of amides is 1. The summed E-state index contributed by atoms with van der Waals surface area (Å²) in [4.78, 5) is 29.9. The van der Waals surface area contributed by atoms with Crippen LogP contribution in [0, 0.1) is 11.3 Å². The molecule has 7 heteroatoms. The second-order valence-corrected chi connectivity index (χ2v) is 9.79.